The summed E-state index contributed by atoms with van der Waals surface area (Å²) in [4.78, 5) is 11.7. The number of nitrogens with one attached hydrogen (secondary N) is 1. The first-order chi connectivity index (χ1) is 9.14. The predicted octanol–water partition coefficient (Wildman–Crippen LogP) is 5.22. The van der Waals surface area contributed by atoms with Crippen LogP contribution in [0.15, 0.2) is 0 Å². The molecule has 1 amide bonds. The molecule has 3 heteroatoms. The van der Waals surface area contributed by atoms with Gasteiger partial charge in [-0.1, -0.05) is 78.1 Å². The highest BCUT2D eigenvalue weighted by molar-refractivity contribution is 6.83. The Hall–Kier alpha value is -0.313. The van der Waals surface area contributed by atoms with Crippen molar-refractivity contribution in [3.63, 3.8) is 0 Å². The first-order valence-corrected chi connectivity index (χ1v) is 10.8. The van der Waals surface area contributed by atoms with Crippen molar-refractivity contribution >= 4 is 14.0 Å². The van der Waals surface area contributed by atoms with E-state index in [0.29, 0.717) is 12.3 Å². The van der Waals surface area contributed by atoms with Gasteiger partial charge in [0.25, 0.3) is 0 Å². The zero-order valence-corrected chi connectivity index (χ0v) is 16.0. The highest BCUT2D eigenvalue weighted by Crippen LogP contribution is 2.44. The quantitative estimate of drug-likeness (QED) is 0.459. The van der Waals surface area contributed by atoms with Crippen LogP contribution in [0.2, 0.25) is 22.7 Å². The fraction of sp³-hybridized carbons (Fsp3) is 0.941. The molecular weight excluding hydrogens is 262 g/mol. The van der Waals surface area contributed by atoms with Crippen LogP contribution in [0.25, 0.3) is 0 Å². The van der Waals surface area contributed by atoms with Crippen molar-refractivity contribution in [2.75, 3.05) is 6.54 Å². The van der Waals surface area contributed by atoms with Crippen LogP contribution in [-0.4, -0.2) is 20.5 Å². The monoisotopic (exact) mass is 299 g/mol. The molecule has 0 aromatic carbocycles. The summed E-state index contributed by atoms with van der Waals surface area (Å²) in [5.74, 6) is 0.663. The molecule has 0 atom stereocenters. The van der Waals surface area contributed by atoms with Crippen LogP contribution in [0.5, 0.6) is 0 Å². The van der Waals surface area contributed by atoms with Crippen molar-refractivity contribution in [2.24, 2.45) is 5.92 Å². The molecule has 0 aromatic heterocycles. The SMILES string of the molecule is CC(C)CC(=O)NCCC[Si](C(C)C)(C(C)C)C(C)C. The average molecular weight is 300 g/mol. The van der Waals surface area contributed by atoms with Crippen LogP contribution < -0.4 is 5.32 Å². The van der Waals surface area contributed by atoms with E-state index in [2.05, 4.69) is 60.7 Å². The van der Waals surface area contributed by atoms with Gasteiger partial charge in [0.1, 0.15) is 0 Å². The molecule has 0 rings (SSSR count). The maximum atomic E-state index is 11.7. The fourth-order valence-corrected chi connectivity index (χ4v) is 10.5. The van der Waals surface area contributed by atoms with E-state index in [1.807, 2.05) is 0 Å². The summed E-state index contributed by atoms with van der Waals surface area (Å²) in [6.07, 6.45) is 1.80. The summed E-state index contributed by atoms with van der Waals surface area (Å²) < 4.78 is 0. The molecule has 0 unspecified atom stereocenters. The molecule has 0 aromatic rings. The van der Waals surface area contributed by atoms with E-state index in [1.165, 1.54) is 6.04 Å². The van der Waals surface area contributed by atoms with Crippen LogP contribution in [0.4, 0.5) is 0 Å². The van der Waals surface area contributed by atoms with Gasteiger partial charge < -0.3 is 5.32 Å². The summed E-state index contributed by atoms with van der Waals surface area (Å²) in [7, 11) is -1.28. The third kappa shape index (κ3) is 5.59. The Morgan fingerprint density at radius 2 is 1.35 bits per heavy atom. The summed E-state index contributed by atoms with van der Waals surface area (Å²) in [5, 5.41) is 3.09. The average Bonchev–Trinajstić information content (AvgIpc) is 2.26. The molecule has 1 N–H and O–H groups in total. The Kier molecular flexibility index (Phi) is 8.72. The number of amides is 1. The topological polar surface area (TPSA) is 29.1 Å². The minimum Gasteiger partial charge on any atom is -0.356 e. The molecular formula is C17H37NOSi. The molecule has 0 aliphatic heterocycles. The molecule has 0 aliphatic carbocycles. The highest BCUT2D eigenvalue weighted by atomic mass is 28.3. The first kappa shape index (κ1) is 19.7. The largest absolute Gasteiger partial charge is 0.356 e. The van der Waals surface area contributed by atoms with Crippen LogP contribution in [0.3, 0.4) is 0 Å². The Labute approximate surface area is 128 Å². The van der Waals surface area contributed by atoms with Crippen molar-refractivity contribution in [1.29, 1.82) is 0 Å². The predicted molar refractivity (Wildman–Crippen MR) is 92.9 cm³/mol. The zero-order valence-electron chi connectivity index (χ0n) is 15.0. The third-order valence-electron chi connectivity index (χ3n) is 4.93. The summed E-state index contributed by atoms with van der Waals surface area (Å²) in [6.45, 7) is 19.5. The van der Waals surface area contributed by atoms with Gasteiger partial charge in [-0.15, -0.1) is 0 Å². The first-order valence-electron chi connectivity index (χ1n) is 8.41. The number of carbonyl (C=O) groups excluding carboxylic acids is 1. The Morgan fingerprint density at radius 1 is 0.900 bits per heavy atom. The minimum absolute atomic E-state index is 0.214. The fourth-order valence-electron chi connectivity index (χ4n) is 3.93. The number of hydrogen-bond acceptors (Lipinski definition) is 1. The van der Waals surface area contributed by atoms with Gasteiger partial charge in [-0.25, -0.2) is 0 Å². The van der Waals surface area contributed by atoms with E-state index in [4.69, 9.17) is 0 Å². The van der Waals surface area contributed by atoms with Gasteiger partial charge in [-0.3, -0.25) is 4.79 Å². The Bertz CT molecular complexity index is 263. The van der Waals surface area contributed by atoms with Crippen molar-refractivity contribution in [1.82, 2.24) is 5.32 Å². The van der Waals surface area contributed by atoms with Gasteiger partial charge in [-0.2, -0.15) is 0 Å². The molecule has 0 aliphatic rings. The maximum absolute atomic E-state index is 11.7. The standard InChI is InChI=1S/C17H37NOSi/c1-13(2)12-17(19)18-10-9-11-20(14(3)4,15(5)6)16(7)8/h13-16H,9-12H2,1-8H3,(H,18,19). The lowest BCUT2D eigenvalue weighted by molar-refractivity contribution is -0.121. The molecule has 0 saturated heterocycles. The van der Waals surface area contributed by atoms with Gasteiger partial charge in [0, 0.05) is 13.0 Å². The molecule has 0 heterocycles. The second kappa shape index (κ2) is 8.86. The van der Waals surface area contributed by atoms with Gasteiger partial charge in [0.15, 0.2) is 0 Å². The van der Waals surface area contributed by atoms with E-state index in [1.54, 1.807) is 0 Å². The lowest BCUT2D eigenvalue weighted by Crippen LogP contribution is -2.44. The zero-order chi connectivity index (χ0) is 15.9. The summed E-state index contributed by atoms with van der Waals surface area (Å²) in [6, 6.07) is 1.34. The molecule has 2 nitrogen and oxygen atoms in total. The summed E-state index contributed by atoms with van der Waals surface area (Å²) in [5.41, 5.74) is 2.44. The molecule has 0 radical (unpaired) electrons. The Balaban J connectivity index is 4.40. The normalized spacial score (nSPS) is 12.8. The van der Waals surface area contributed by atoms with Crippen LogP contribution in [0, 0.1) is 5.92 Å². The van der Waals surface area contributed by atoms with Crippen molar-refractivity contribution in [3.05, 3.63) is 0 Å². The Morgan fingerprint density at radius 3 is 1.70 bits per heavy atom. The summed E-state index contributed by atoms with van der Waals surface area (Å²) >= 11 is 0. The van der Waals surface area contributed by atoms with Crippen molar-refractivity contribution < 1.29 is 4.79 Å². The van der Waals surface area contributed by atoms with Crippen LogP contribution in [-0.2, 0) is 4.79 Å². The van der Waals surface area contributed by atoms with Crippen LogP contribution in [0.1, 0.15) is 68.2 Å². The van der Waals surface area contributed by atoms with Gasteiger partial charge in [0.2, 0.25) is 5.91 Å². The lowest BCUT2D eigenvalue weighted by atomic mass is 10.1. The van der Waals surface area contributed by atoms with Crippen molar-refractivity contribution in [3.8, 4) is 0 Å². The maximum Gasteiger partial charge on any atom is 0.220 e. The van der Waals surface area contributed by atoms with E-state index in [0.717, 1.165) is 29.6 Å². The molecule has 120 valence electrons. The second-order valence-corrected chi connectivity index (χ2v) is 13.8. The molecule has 0 fully saturated rings. The minimum atomic E-state index is -1.28. The number of rotatable bonds is 9. The lowest BCUT2D eigenvalue weighted by Gasteiger charge is -2.43. The molecule has 20 heavy (non-hydrogen) atoms. The van der Waals surface area contributed by atoms with E-state index >= 15 is 0 Å². The van der Waals surface area contributed by atoms with Crippen molar-refractivity contribution in [2.45, 2.75) is 90.9 Å². The van der Waals surface area contributed by atoms with Gasteiger partial charge in [0.05, 0.1) is 8.07 Å². The molecule has 0 spiro atoms. The van der Waals surface area contributed by atoms with E-state index in [9.17, 15) is 4.79 Å². The smallest absolute Gasteiger partial charge is 0.220 e. The van der Waals surface area contributed by atoms with Gasteiger partial charge >= 0.3 is 0 Å². The third-order valence-corrected chi connectivity index (χ3v) is 12.6. The van der Waals surface area contributed by atoms with Crippen LogP contribution >= 0.6 is 0 Å². The van der Waals surface area contributed by atoms with E-state index < -0.39 is 8.07 Å². The second-order valence-electron chi connectivity index (χ2n) is 7.63. The highest BCUT2D eigenvalue weighted by Gasteiger charge is 2.41. The molecule has 0 bridgehead atoms. The number of carbonyl (C=O) groups is 1. The van der Waals surface area contributed by atoms with E-state index in [-0.39, 0.29) is 5.91 Å². The molecule has 0 saturated carbocycles. The van der Waals surface area contributed by atoms with Gasteiger partial charge in [-0.05, 0) is 12.3 Å². The number of hydrogen-bond donors (Lipinski definition) is 1.